The van der Waals surface area contributed by atoms with Crippen LogP contribution < -0.4 is 0 Å². The third-order valence-corrected chi connectivity index (χ3v) is 2.62. The Kier molecular flexibility index (Phi) is 10.1. The lowest BCUT2D eigenvalue weighted by molar-refractivity contribution is -0.145. The first-order valence-corrected chi connectivity index (χ1v) is 6.49. The van der Waals surface area contributed by atoms with Crippen LogP contribution in [0.25, 0.3) is 0 Å². The van der Waals surface area contributed by atoms with Crippen molar-refractivity contribution in [1.29, 1.82) is 0 Å². The molecule has 3 heteroatoms. The van der Waals surface area contributed by atoms with Crippen LogP contribution in [0, 0.1) is 0 Å². The molecule has 0 radical (unpaired) electrons. The van der Waals surface area contributed by atoms with E-state index in [1.165, 1.54) is 32.1 Å². The summed E-state index contributed by atoms with van der Waals surface area (Å²) in [6.45, 7) is 4.14. The van der Waals surface area contributed by atoms with E-state index in [-0.39, 0.29) is 18.0 Å². The Morgan fingerprint density at radius 2 is 1.80 bits per heavy atom. The first-order valence-electron chi connectivity index (χ1n) is 5.96. The van der Waals surface area contributed by atoms with Gasteiger partial charge in [0, 0.05) is 0 Å². The average molecular weight is 235 g/mol. The first-order chi connectivity index (χ1) is 7.20. The predicted octanol–water partition coefficient (Wildman–Crippen LogP) is 3.91. The molecule has 1 unspecified atom stereocenters. The number of rotatable bonds is 9. The Bertz CT molecular complexity index is 160. The van der Waals surface area contributed by atoms with Gasteiger partial charge in [0.25, 0.3) is 0 Å². The minimum Gasteiger partial charge on any atom is -0.462 e. The molecule has 0 spiro atoms. The molecule has 0 saturated carbocycles. The van der Waals surface area contributed by atoms with E-state index in [1.54, 1.807) is 0 Å². The molecule has 0 aliphatic rings. The van der Waals surface area contributed by atoms with Gasteiger partial charge in [0.15, 0.2) is 0 Å². The lowest BCUT2D eigenvalue weighted by Crippen LogP contribution is -2.15. The van der Waals surface area contributed by atoms with Gasteiger partial charge in [-0.1, -0.05) is 39.0 Å². The minimum atomic E-state index is -0.310. The number of carbonyl (C=O) groups is 1. The van der Waals surface area contributed by atoms with Gasteiger partial charge in [0.1, 0.15) is 5.88 Å². The van der Waals surface area contributed by atoms with Crippen LogP contribution in [0.2, 0.25) is 0 Å². The van der Waals surface area contributed by atoms with E-state index >= 15 is 0 Å². The Labute approximate surface area is 98.3 Å². The van der Waals surface area contributed by atoms with Crippen molar-refractivity contribution in [3.05, 3.63) is 0 Å². The second kappa shape index (κ2) is 10.3. The fraction of sp³-hybridized carbons (Fsp3) is 0.917. The highest BCUT2D eigenvalue weighted by molar-refractivity contribution is 6.26. The number of unbranched alkanes of at least 4 members (excludes halogenated alkanes) is 5. The molecule has 1 atom stereocenters. The zero-order valence-corrected chi connectivity index (χ0v) is 10.7. The predicted molar refractivity (Wildman–Crippen MR) is 64.3 cm³/mol. The molecule has 0 fully saturated rings. The van der Waals surface area contributed by atoms with Crippen LogP contribution in [0.5, 0.6) is 0 Å². The molecule has 0 bridgehead atoms. The van der Waals surface area contributed by atoms with Crippen LogP contribution in [0.3, 0.4) is 0 Å². The number of carbonyl (C=O) groups excluding carboxylic acids is 1. The number of hydrogen-bond acceptors (Lipinski definition) is 2. The van der Waals surface area contributed by atoms with Gasteiger partial charge < -0.3 is 4.74 Å². The molecule has 15 heavy (non-hydrogen) atoms. The van der Waals surface area contributed by atoms with Crippen LogP contribution in [0.1, 0.15) is 58.8 Å². The van der Waals surface area contributed by atoms with Crippen LogP contribution in [0.4, 0.5) is 0 Å². The highest BCUT2D eigenvalue weighted by Gasteiger charge is 2.07. The van der Waals surface area contributed by atoms with Crippen molar-refractivity contribution in [2.24, 2.45) is 0 Å². The monoisotopic (exact) mass is 234 g/mol. The SMILES string of the molecule is CCCCCCCCC(C)OC(=O)CCl. The molecule has 0 aromatic heterocycles. The molecule has 0 aliphatic heterocycles. The second-order valence-corrected chi connectivity index (χ2v) is 4.26. The summed E-state index contributed by atoms with van der Waals surface area (Å²) in [4.78, 5) is 10.8. The van der Waals surface area contributed by atoms with Crippen LogP contribution in [-0.2, 0) is 9.53 Å². The molecular formula is C12H23ClO2. The maximum absolute atomic E-state index is 10.8. The molecule has 2 nitrogen and oxygen atoms in total. The number of alkyl halides is 1. The quantitative estimate of drug-likeness (QED) is 0.344. The lowest BCUT2D eigenvalue weighted by atomic mass is 10.1. The second-order valence-electron chi connectivity index (χ2n) is 3.99. The Balaban J connectivity index is 3.23. The minimum absolute atomic E-state index is 0.0161. The average Bonchev–Trinajstić information content (AvgIpc) is 2.23. The molecule has 0 amide bonds. The van der Waals surface area contributed by atoms with Crippen molar-refractivity contribution < 1.29 is 9.53 Å². The summed E-state index contributed by atoms with van der Waals surface area (Å²) in [5.74, 6) is -0.351. The highest BCUT2D eigenvalue weighted by Crippen LogP contribution is 2.10. The summed E-state index contributed by atoms with van der Waals surface area (Å²) in [5, 5.41) is 0. The Morgan fingerprint density at radius 3 is 2.40 bits per heavy atom. The molecule has 0 heterocycles. The zero-order chi connectivity index (χ0) is 11.5. The summed E-state index contributed by atoms with van der Waals surface area (Å²) >= 11 is 5.34. The number of ether oxygens (including phenoxy) is 1. The largest absolute Gasteiger partial charge is 0.462 e. The smallest absolute Gasteiger partial charge is 0.321 e. The summed E-state index contributed by atoms with van der Waals surface area (Å²) in [7, 11) is 0. The molecule has 0 rings (SSSR count). The van der Waals surface area contributed by atoms with Gasteiger partial charge in [-0.2, -0.15) is 0 Å². The third kappa shape index (κ3) is 10.1. The molecular weight excluding hydrogens is 212 g/mol. The van der Waals surface area contributed by atoms with Gasteiger partial charge in [-0.3, -0.25) is 4.79 Å². The van der Waals surface area contributed by atoms with Crippen molar-refractivity contribution in [2.75, 3.05) is 5.88 Å². The fourth-order valence-electron chi connectivity index (χ4n) is 1.53. The highest BCUT2D eigenvalue weighted by atomic mass is 35.5. The lowest BCUT2D eigenvalue weighted by Gasteiger charge is -2.11. The maximum atomic E-state index is 10.8. The first kappa shape index (κ1) is 14.8. The van der Waals surface area contributed by atoms with Crippen molar-refractivity contribution in [1.82, 2.24) is 0 Å². The molecule has 0 aliphatic carbocycles. The van der Waals surface area contributed by atoms with Gasteiger partial charge >= 0.3 is 5.97 Å². The Hall–Kier alpha value is -0.240. The molecule has 0 aromatic carbocycles. The standard InChI is InChI=1S/C12H23ClO2/c1-3-4-5-6-7-8-9-11(2)15-12(14)10-13/h11H,3-10H2,1-2H3. The van der Waals surface area contributed by atoms with Gasteiger partial charge in [0.2, 0.25) is 0 Å². The number of hydrogen-bond donors (Lipinski definition) is 0. The van der Waals surface area contributed by atoms with Gasteiger partial charge in [0.05, 0.1) is 6.10 Å². The van der Waals surface area contributed by atoms with Crippen LogP contribution >= 0.6 is 11.6 Å². The zero-order valence-electron chi connectivity index (χ0n) is 9.93. The number of halogens is 1. The van der Waals surface area contributed by atoms with Crippen LogP contribution in [-0.4, -0.2) is 18.0 Å². The van der Waals surface area contributed by atoms with E-state index in [0.717, 1.165) is 12.8 Å². The van der Waals surface area contributed by atoms with Crippen molar-refractivity contribution >= 4 is 17.6 Å². The maximum Gasteiger partial charge on any atom is 0.321 e. The molecule has 90 valence electrons. The Morgan fingerprint density at radius 1 is 1.20 bits per heavy atom. The van der Waals surface area contributed by atoms with Gasteiger partial charge in [-0.05, 0) is 19.8 Å². The topological polar surface area (TPSA) is 26.3 Å². The van der Waals surface area contributed by atoms with E-state index in [0.29, 0.717) is 0 Å². The van der Waals surface area contributed by atoms with Gasteiger partial charge in [-0.15, -0.1) is 11.6 Å². The van der Waals surface area contributed by atoms with E-state index in [9.17, 15) is 4.79 Å². The van der Waals surface area contributed by atoms with E-state index < -0.39 is 0 Å². The van der Waals surface area contributed by atoms with E-state index in [2.05, 4.69) is 6.92 Å². The van der Waals surface area contributed by atoms with Crippen molar-refractivity contribution in [3.8, 4) is 0 Å². The molecule has 0 saturated heterocycles. The third-order valence-electron chi connectivity index (χ3n) is 2.41. The fourth-order valence-corrected chi connectivity index (χ4v) is 1.59. The van der Waals surface area contributed by atoms with Crippen molar-refractivity contribution in [3.63, 3.8) is 0 Å². The number of esters is 1. The van der Waals surface area contributed by atoms with Crippen LogP contribution in [0.15, 0.2) is 0 Å². The summed E-state index contributed by atoms with van der Waals surface area (Å²) < 4.78 is 5.06. The van der Waals surface area contributed by atoms with E-state index in [1.807, 2.05) is 6.92 Å². The summed E-state index contributed by atoms with van der Waals surface area (Å²) in [6, 6.07) is 0. The molecule has 0 N–H and O–H groups in total. The summed E-state index contributed by atoms with van der Waals surface area (Å²) in [6.07, 6.45) is 8.58. The normalized spacial score (nSPS) is 12.5. The van der Waals surface area contributed by atoms with Crippen molar-refractivity contribution in [2.45, 2.75) is 64.9 Å². The van der Waals surface area contributed by atoms with Gasteiger partial charge in [-0.25, -0.2) is 0 Å². The molecule has 0 aromatic rings. The van der Waals surface area contributed by atoms with E-state index in [4.69, 9.17) is 16.3 Å². The summed E-state index contributed by atoms with van der Waals surface area (Å²) in [5.41, 5.74) is 0.